The Labute approximate surface area is 165 Å². The maximum atomic E-state index is 12.9. The van der Waals surface area contributed by atoms with E-state index in [9.17, 15) is 19.2 Å². The van der Waals surface area contributed by atoms with Gasteiger partial charge in [-0.2, -0.15) is 0 Å². The van der Waals surface area contributed by atoms with Gasteiger partial charge < -0.3 is 4.74 Å². The van der Waals surface area contributed by atoms with Crippen LogP contribution in [0.15, 0.2) is 23.3 Å². The van der Waals surface area contributed by atoms with Crippen molar-refractivity contribution < 1.29 is 23.9 Å². The minimum Gasteiger partial charge on any atom is -0.369 e. The number of amides is 4. The lowest BCUT2D eigenvalue weighted by Gasteiger charge is -2.27. The van der Waals surface area contributed by atoms with Crippen LogP contribution < -0.4 is 5.32 Å². The van der Waals surface area contributed by atoms with E-state index in [4.69, 9.17) is 10.3 Å². The third-order valence-electron chi connectivity index (χ3n) is 4.48. The summed E-state index contributed by atoms with van der Waals surface area (Å²) in [5.74, 6) is 3.37. The monoisotopic (exact) mass is 395 g/mol. The van der Waals surface area contributed by atoms with Crippen molar-refractivity contribution in [1.29, 1.82) is 0 Å². The Morgan fingerprint density at radius 2 is 2.10 bits per heavy atom. The van der Waals surface area contributed by atoms with Crippen LogP contribution in [0.25, 0.3) is 10.4 Å². The molecule has 1 aromatic rings. The minimum absolute atomic E-state index is 0.0630. The number of benzene rings is 1. The van der Waals surface area contributed by atoms with Crippen LogP contribution in [-0.2, 0) is 14.3 Å². The molecule has 2 heterocycles. The van der Waals surface area contributed by atoms with Crippen molar-refractivity contribution in [3.63, 3.8) is 0 Å². The molecular formula is C19H17N5O5. The zero-order valence-corrected chi connectivity index (χ0v) is 15.4. The lowest BCUT2D eigenvalue weighted by atomic mass is 10.0. The summed E-state index contributed by atoms with van der Waals surface area (Å²) in [4.78, 5) is 52.6. The average molecular weight is 395 g/mol. The number of azide groups is 1. The first-order valence-electron chi connectivity index (χ1n) is 8.96. The molecule has 4 amide bonds. The van der Waals surface area contributed by atoms with Crippen LogP contribution in [0.2, 0.25) is 0 Å². The lowest BCUT2D eigenvalue weighted by Crippen LogP contribution is -2.54. The first kappa shape index (κ1) is 20.1. The van der Waals surface area contributed by atoms with Crippen molar-refractivity contribution in [3.05, 3.63) is 45.3 Å². The predicted molar refractivity (Wildman–Crippen MR) is 99.4 cm³/mol. The van der Waals surface area contributed by atoms with Gasteiger partial charge in [0.25, 0.3) is 11.8 Å². The molecule has 1 N–H and O–H groups in total. The molecule has 1 fully saturated rings. The Balaban J connectivity index is 1.72. The normalized spacial score (nSPS) is 17.9. The number of ether oxygens (including phenoxy) is 1. The van der Waals surface area contributed by atoms with Crippen molar-refractivity contribution >= 4 is 23.6 Å². The first-order chi connectivity index (χ1) is 14.0. The second kappa shape index (κ2) is 9.01. The smallest absolute Gasteiger partial charge is 0.263 e. The summed E-state index contributed by atoms with van der Waals surface area (Å²) in [7, 11) is 0. The van der Waals surface area contributed by atoms with Gasteiger partial charge in [0.1, 0.15) is 12.6 Å². The van der Waals surface area contributed by atoms with E-state index in [2.05, 4.69) is 27.2 Å². The topological polar surface area (TPSA) is 142 Å². The average Bonchev–Trinajstić information content (AvgIpc) is 2.95. The number of rotatable bonds is 6. The van der Waals surface area contributed by atoms with Gasteiger partial charge >= 0.3 is 0 Å². The zero-order valence-electron chi connectivity index (χ0n) is 15.4. The van der Waals surface area contributed by atoms with Gasteiger partial charge in [0.15, 0.2) is 0 Å². The van der Waals surface area contributed by atoms with Crippen molar-refractivity contribution in [3.8, 4) is 11.8 Å². The third kappa shape index (κ3) is 4.27. The molecule has 29 heavy (non-hydrogen) atoms. The van der Waals surface area contributed by atoms with Gasteiger partial charge in [-0.05, 0) is 30.5 Å². The van der Waals surface area contributed by atoms with Crippen LogP contribution in [0, 0.1) is 11.8 Å². The molecule has 10 heteroatoms. The number of hydrogen-bond donors (Lipinski definition) is 1. The lowest BCUT2D eigenvalue weighted by molar-refractivity contribution is -0.136. The number of nitrogens with one attached hydrogen (secondary N) is 1. The van der Waals surface area contributed by atoms with Crippen LogP contribution in [0.1, 0.15) is 45.5 Å². The van der Waals surface area contributed by atoms with Gasteiger partial charge in [0.2, 0.25) is 11.8 Å². The van der Waals surface area contributed by atoms with E-state index in [1.165, 1.54) is 6.07 Å². The molecule has 1 unspecified atom stereocenters. The molecule has 10 nitrogen and oxygen atoms in total. The fourth-order valence-electron chi connectivity index (χ4n) is 3.16. The fraction of sp³-hybridized carbons (Fsp3) is 0.368. The molecule has 3 rings (SSSR count). The van der Waals surface area contributed by atoms with E-state index in [0.29, 0.717) is 25.1 Å². The highest BCUT2D eigenvalue weighted by molar-refractivity contribution is 6.24. The van der Waals surface area contributed by atoms with Gasteiger partial charge in [-0.3, -0.25) is 29.4 Å². The Hall–Kier alpha value is -3.67. The Morgan fingerprint density at radius 3 is 2.86 bits per heavy atom. The molecule has 0 aromatic heterocycles. The first-order valence-corrected chi connectivity index (χ1v) is 8.96. The van der Waals surface area contributed by atoms with Crippen molar-refractivity contribution in [2.24, 2.45) is 5.11 Å². The van der Waals surface area contributed by atoms with Crippen molar-refractivity contribution in [2.45, 2.75) is 25.3 Å². The SMILES string of the molecule is [N-]=[N+]=NCCCOCC#Cc1cccc2c1C(=O)N(C1CCC(=O)NC1=O)C2=O. The molecule has 1 aromatic carbocycles. The Bertz CT molecular complexity index is 986. The number of imide groups is 2. The van der Waals surface area contributed by atoms with Gasteiger partial charge in [0.05, 0.1) is 11.1 Å². The highest BCUT2D eigenvalue weighted by Gasteiger charge is 2.45. The largest absolute Gasteiger partial charge is 0.369 e. The molecule has 148 valence electrons. The maximum absolute atomic E-state index is 12.9. The summed E-state index contributed by atoms with van der Waals surface area (Å²) < 4.78 is 5.31. The second-order valence-corrected chi connectivity index (χ2v) is 6.34. The highest BCUT2D eigenvalue weighted by Crippen LogP contribution is 2.29. The number of nitrogens with zero attached hydrogens (tertiary/aromatic N) is 4. The van der Waals surface area contributed by atoms with E-state index in [1.807, 2.05) is 0 Å². The van der Waals surface area contributed by atoms with Crippen molar-refractivity contribution in [1.82, 2.24) is 10.2 Å². The third-order valence-corrected chi connectivity index (χ3v) is 4.48. The number of hydrogen-bond acceptors (Lipinski definition) is 6. The number of fused-ring (bicyclic) bond motifs is 1. The number of carbonyl (C=O) groups is 4. The molecule has 0 saturated carbocycles. The molecule has 1 saturated heterocycles. The Morgan fingerprint density at radius 1 is 1.28 bits per heavy atom. The molecular weight excluding hydrogens is 378 g/mol. The van der Waals surface area contributed by atoms with Gasteiger partial charge in [0, 0.05) is 30.0 Å². The molecule has 1 atom stereocenters. The van der Waals surface area contributed by atoms with E-state index in [-0.39, 0.29) is 30.6 Å². The molecule has 0 bridgehead atoms. The quantitative estimate of drug-likeness (QED) is 0.192. The molecule has 0 radical (unpaired) electrons. The molecule has 0 aliphatic carbocycles. The molecule has 2 aliphatic rings. The van der Waals surface area contributed by atoms with Crippen LogP contribution in [0.4, 0.5) is 0 Å². The Kier molecular flexibility index (Phi) is 6.24. The second-order valence-electron chi connectivity index (χ2n) is 6.34. The van der Waals surface area contributed by atoms with Crippen LogP contribution in [0.3, 0.4) is 0 Å². The van der Waals surface area contributed by atoms with Crippen LogP contribution in [0.5, 0.6) is 0 Å². The number of carbonyl (C=O) groups excluding carboxylic acids is 4. The highest BCUT2D eigenvalue weighted by atomic mass is 16.5. The van der Waals surface area contributed by atoms with Crippen LogP contribution in [-0.4, -0.2) is 54.3 Å². The molecule has 2 aliphatic heterocycles. The summed E-state index contributed by atoms with van der Waals surface area (Å²) in [6, 6.07) is 3.73. The summed E-state index contributed by atoms with van der Waals surface area (Å²) in [5, 5.41) is 5.55. The number of piperidine rings is 1. The van der Waals surface area contributed by atoms with E-state index < -0.39 is 29.7 Å². The van der Waals surface area contributed by atoms with Crippen molar-refractivity contribution in [2.75, 3.05) is 19.8 Å². The summed E-state index contributed by atoms with van der Waals surface area (Å²) in [6.45, 7) is 0.823. The predicted octanol–water partition coefficient (Wildman–Crippen LogP) is 1.16. The fourth-order valence-corrected chi connectivity index (χ4v) is 3.16. The minimum atomic E-state index is -1.01. The summed E-state index contributed by atoms with van der Waals surface area (Å²) >= 11 is 0. The van der Waals surface area contributed by atoms with E-state index >= 15 is 0 Å². The zero-order chi connectivity index (χ0) is 20.8. The van der Waals surface area contributed by atoms with Crippen LogP contribution >= 0.6 is 0 Å². The summed E-state index contributed by atoms with van der Waals surface area (Å²) in [6.07, 6.45) is 0.731. The standard InChI is InChI=1S/C19H17N5O5/c20-23-21-9-3-11-29-10-2-5-12-4-1-6-13-16(12)19(28)24(18(13)27)14-7-8-15(25)22-17(14)26/h1,4,6,14H,3,7-11H2,(H,22,25,26). The van der Waals surface area contributed by atoms with Gasteiger partial charge in [-0.25, -0.2) is 0 Å². The van der Waals surface area contributed by atoms with E-state index in [1.54, 1.807) is 12.1 Å². The van der Waals surface area contributed by atoms with E-state index in [0.717, 1.165) is 4.90 Å². The molecule has 0 spiro atoms. The van der Waals surface area contributed by atoms with Gasteiger partial charge in [-0.1, -0.05) is 23.0 Å². The maximum Gasteiger partial charge on any atom is 0.263 e. The summed E-state index contributed by atoms with van der Waals surface area (Å²) in [5.41, 5.74) is 8.88. The van der Waals surface area contributed by atoms with Gasteiger partial charge in [-0.15, -0.1) is 0 Å².